The molecule has 2 rings (SSSR count). The molecule has 0 atom stereocenters. The van der Waals surface area contributed by atoms with Gasteiger partial charge in [0.25, 0.3) is 10.0 Å². The topological polar surface area (TPSA) is 63.2 Å². The van der Waals surface area contributed by atoms with Gasteiger partial charge in [-0.3, -0.25) is 9.52 Å². The fourth-order valence-electron chi connectivity index (χ4n) is 1.40. The first-order chi connectivity index (χ1) is 8.92. The van der Waals surface area contributed by atoms with Crippen LogP contribution in [0.5, 0.6) is 0 Å². The van der Waals surface area contributed by atoms with Crippen molar-refractivity contribution >= 4 is 44.9 Å². The van der Waals surface area contributed by atoms with Gasteiger partial charge in [-0.15, -0.1) is 11.3 Å². The minimum Gasteiger partial charge on any atom is -0.298 e. The van der Waals surface area contributed by atoms with Crippen LogP contribution < -0.4 is 4.72 Å². The van der Waals surface area contributed by atoms with E-state index in [0.717, 1.165) is 16.9 Å². The lowest BCUT2D eigenvalue weighted by atomic mass is 10.2. The molecule has 100 valence electrons. The smallest absolute Gasteiger partial charge is 0.271 e. The van der Waals surface area contributed by atoms with Crippen molar-refractivity contribution < 1.29 is 13.2 Å². The van der Waals surface area contributed by atoms with Crippen LogP contribution in [0.25, 0.3) is 0 Å². The number of thiophene rings is 1. The number of anilines is 1. The molecule has 0 saturated carbocycles. The minimum atomic E-state index is -3.64. The van der Waals surface area contributed by atoms with E-state index in [-0.39, 0.29) is 4.21 Å². The molecule has 1 heterocycles. The Labute approximate surface area is 120 Å². The third-order valence-electron chi connectivity index (χ3n) is 2.40. The number of aldehydes is 1. The number of nitrogens with one attached hydrogen (secondary N) is 1. The Morgan fingerprint density at radius 1 is 1.26 bits per heavy atom. The number of hydrogen-bond donors (Lipinski definition) is 1. The van der Waals surface area contributed by atoms with Crippen LogP contribution in [-0.2, 0) is 10.0 Å². The monoisotopic (exact) mass is 315 g/mol. The van der Waals surface area contributed by atoms with E-state index in [0.29, 0.717) is 21.9 Å². The summed E-state index contributed by atoms with van der Waals surface area (Å²) < 4.78 is 27.2. The molecule has 4 nitrogen and oxygen atoms in total. The fourth-order valence-corrected chi connectivity index (χ4v) is 4.17. The van der Waals surface area contributed by atoms with E-state index < -0.39 is 10.0 Å². The predicted molar refractivity (Wildman–Crippen MR) is 76.7 cm³/mol. The Kier molecular flexibility index (Phi) is 3.93. The molecule has 2 aromatic rings. The zero-order valence-corrected chi connectivity index (χ0v) is 12.3. The SMILES string of the molecule is Cc1cc(S(=O)(=O)Nc2ccc(C=O)cc2)sc1Cl. The van der Waals surface area contributed by atoms with E-state index in [1.807, 2.05) is 0 Å². The summed E-state index contributed by atoms with van der Waals surface area (Å²) in [5, 5.41) is 0. The molecular formula is C12H10ClNO3S2. The maximum Gasteiger partial charge on any atom is 0.271 e. The van der Waals surface area contributed by atoms with E-state index in [4.69, 9.17) is 11.6 Å². The summed E-state index contributed by atoms with van der Waals surface area (Å²) in [6.45, 7) is 1.75. The maximum absolute atomic E-state index is 12.1. The first-order valence-electron chi connectivity index (χ1n) is 5.26. The predicted octanol–water partition coefficient (Wildman–Crippen LogP) is 3.32. The molecule has 1 aromatic heterocycles. The highest BCUT2D eigenvalue weighted by Gasteiger charge is 2.18. The fraction of sp³-hybridized carbons (Fsp3) is 0.0833. The largest absolute Gasteiger partial charge is 0.298 e. The molecule has 1 aromatic carbocycles. The van der Waals surface area contributed by atoms with Gasteiger partial charge in [-0.25, -0.2) is 8.42 Å². The van der Waals surface area contributed by atoms with Gasteiger partial charge in [-0.2, -0.15) is 0 Å². The van der Waals surface area contributed by atoms with Crippen molar-refractivity contribution in [1.29, 1.82) is 0 Å². The van der Waals surface area contributed by atoms with Gasteiger partial charge in [-0.1, -0.05) is 11.6 Å². The summed E-state index contributed by atoms with van der Waals surface area (Å²) in [6, 6.07) is 7.66. The maximum atomic E-state index is 12.1. The van der Waals surface area contributed by atoms with E-state index in [1.54, 1.807) is 6.92 Å². The van der Waals surface area contributed by atoms with E-state index in [1.165, 1.54) is 30.3 Å². The molecule has 0 saturated heterocycles. The summed E-state index contributed by atoms with van der Waals surface area (Å²) in [7, 11) is -3.64. The van der Waals surface area contributed by atoms with Crippen LogP contribution in [-0.4, -0.2) is 14.7 Å². The average molecular weight is 316 g/mol. The number of rotatable bonds is 4. The number of carbonyl (C=O) groups excluding carboxylic acids is 1. The summed E-state index contributed by atoms with van der Waals surface area (Å²) in [5.41, 5.74) is 1.61. The van der Waals surface area contributed by atoms with Crippen molar-refractivity contribution in [3.8, 4) is 0 Å². The molecule has 0 unspecified atom stereocenters. The molecule has 1 N–H and O–H groups in total. The standard InChI is InChI=1S/C12H10ClNO3S2/c1-8-6-11(18-12(8)13)19(16,17)14-10-4-2-9(7-15)3-5-10/h2-7,14H,1H3. The van der Waals surface area contributed by atoms with Gasteiger partial charge in [0.05, 0.1) is 4.34 Å². The normalized spacial score (nSPS) is 11.3. The summed E-state index contributed by atoms with van der Waals surface area (Å²) in [6.07, 6.45) is 0.695. The number of benzene rings is 1. The van der Waals surface area contributed by atoms with E-state index in [9.17, 15) is 13.2 Å². The van der Waals surface area contributed by atoms with Crippen LogP contribution in [0.15, 0.2) is 34.5 Å². The van der Waals surface area contributed by atoms with Gasteiger partial charge in [0.2, 0.25) is 0 Å². The van der Waals surface area contributed by atoms with E-state index >= 15 is 0 Å². The van der Waals surface area contributed by atoms with Crippen LogP contribution in [0.2, 0.25) is 4.34 Å². The van der Waals surface area contributed by atoms with Crippen LogP contribution in [0, 0.1) is 6.92 Å². The molecule has 7 heteroatoms. The Morgan fingerprint density at radius 3 is 2.37 bits per heavy atom. The molecule has 0 fully saturated rings. The van der Waals surface area contributed by atoms with Crippen molar-refractivity contribution in [3.05, 3.63) is 45.8 Å². The summed E-state index contributed by atoms with van der Waals surface area (Å²) >= 11 is 6.87. The minimum absolute atomic E-state index is 0.162. The number of carbonyl (C=O) groups is 1. The van der Waals surface area contributed by atoms with Crippen LogP contribution >= 0.6 is 22.9 Å². The third-order valence-corrected chi connectivity index (χ3v) is 5.81. The Bertz CT molecular complexity index is 686. The van der Waals surface area contributed by atoms with Gasteiger partial charge in [0.1, 0.15) is 10.5 Å². The molecule has 0 aliphatic carbocycles. The Hall–Kier alpha value is -1.37. The van der Waals surface area contributed by atoms with Crippen LogP contribution in [0.3, 0.4) is 0 Å². The highest BCUT2D eigenvalue weighted by molar-refractivity contribution is 7.94. The van der Waals surface area contributed by atoms with Crippen molar-refractivity contribution in [2.24, 2.45) is 0 Å². The molecular weight excluding hydrogens is 306 g/mol. The second kappa shape index (κ2) is 5.32. The van der Waals surface area contributed by atoms with Crippen molar-refractivity contribution in [2.45, 2.75) is 11.1 Å². The van der Waals surface area contributed by atoms with E-state index in [2.05, 4.69) is 4.72 Å². The van der Waals surface area contributed by atoms with Gasteiger partial charge >= 0.3 is 0 Å². The quantitative estimate of drug-likeness (QED) is 0.880. The lowest BCUT2D eigenvalue weighted by Gasteiger charge is -2.05. The van der Waals surface area contributed by atoms with Crippen molar-refractivity contribution in [1.82, 2.24) is 0 Å². The lowest BCUT2D eigenvalue weighted by Crippen LogP contribution is -2.11. The zero-order chi connectivity index (χ0) is 14.0. The second-order valence-corrected chi connectivity index (χ2v) is 7.43. The lowest BCUT2D eigenvalue weighted by molar-refractivity contribution is 0.112. The zero-order valence-electron chi connectivity index (χ0n) is 9.88. The molecule has 0 radical (unpaired) electrons. The second-order valence-electron chi connectivity index (χ2n) is 3.87. The molecule has 0 spiro atoms. The number of hydrogen-bond acceptors (Lipinski definition) is 4. The first-order valence-corrected chi connectivity index (χ1v) is 7.94. The summed E-state index contributed by atoms with van der Waals surface area (Å²) in [4.78, 5) is 10.5. The summed E-state index contributed by atoms with van der Waals surface area (Å²) in [5.74, 6) is 0. The Balaban J connectivity index is 2.27. The van der Waals surface area contributed by atoms with Crippen molar-refractivity contribution in [3.63, 3.8) is 0 Å². The van der Waals surface area contributed by atoms with Gasteiger partial charge in [0, 0.05) is 11.3 Å². The van der Waals surface area contributed by atoms with Crippen LogP contribution in [0.1, 0.15) is 15.9 Å². The van der Waals surface area contributed by atoms with Gasteiger partial charge in [0.15, 0.2) is 0 Å². The molecule has 19 heavy (non-hydrogen) atoms. The molecule has 0 aliphatic heterocycles. The van der Waals surface area contributed by atoms with Gasteiger partial charge < -0.3 is 0 Å². The molecule has 0 bridgehead atoms. The molecule has 0 aliphatic rings. The third kappa shape index (κ3) is 3.15. The molecule has 0 amide bonds. The van der Waals surface area contributed by atoms with Crippen molar-refractivity contribution in [2.75, 3.05) is 4.72 Å². The number of sulfonamides is 1. The van der Waals surface area contributed by atoms with Gasteiger partial charge in [-0.05, 0) is 42.8 Å². The Morgan fingerprint density at radius 2 is 1.89 bits per heavy atom. The number of halogens is 1. The highest BCUT2D eigenvalue weighted by Crippen LogP contribution is 2.31. The first kappa shape index (κ1) is 14.0. The average Bonchev–Trinajstić information content (AvgIpc) is 2.71. The highest BCUT2D eigenvalue weighted by atomic mass is 35.5. The van der Waals surface area contributed by atoms with Crippen LogP contribution in [0.4, 0.5) is 5.69 Å². The number of aryl methyl sites for hydroxylation is 1.